The molecule has 3 aromatic carbocycles. The third-order valence-electron chi connectivity index (χ3n) is 5.58. The van der Waals surface area contributed by atoms with Crippen LogP contribution in [0.25, 0.3) is 0 Å². The van der Waals surface area contributed by atoms with Crippen LogP contribution in [0.2, 0.25) is 0 Å². The predicted octanol–water partition coefficient (Wildman–Crippen LogP) is 6.13. The van der Waals surface area contributed by atoms with Gasteiger partial charge in [0.25, 0.3) is 0 Å². The molecule has 47 heavy (non-hydrogen) atoms. The standard InChI is InChI=1S/C14H21NO4S.C9H13NO2S.C8H11N.CH3ClO2S/c1-11(12-9-7-6-8-10-12)15(20(5,17)18)13(16)19-14(2,3)4;1-8(10-13(2,11)12)9-6-4-3-5-7-9;1-7(9)8-5-3-2-4-6-8;1-5(2,3)4/h6-11H,1-5H3;3-8,10H,1-2H3;2-7H,9H2,1H3;1H3/t11-;8-;7-;/m000./s1. The third kappa shape index (κ3) is 22.2. The fourth-order valence-electron chi connectivity index (χ4n) is 3.64. The second-order valence-electron chi connectivity index (χ2n) is 11.5. The van der Waals surface area contributed by atoms with Crippen molar-refractivity contribution in [3.05, 3.63) is 108 Å². The summed E-state index contributed by atoms with van der Waals surface area (Å²) in [5.41, 5.74) is 7.74. The molecule has 3 N–H and O–H groups in total. The molecule has 264 valence electrons. The summed E-state index contributed by atoms with van der Waals surface area (Å²) in [7, 11) is -5.54. The zero-order valence-corrected chi connectivity index (χ0v) is 31.5. The van der Waals surface area contributed by atoms with Gasteiger partial charge in [0.05, 0.1) is 24.8 Å². The summed E-state index contributed by atoms with van der Waals surface area (Å²) in [6, 6.07) is 27.8. The minimum absolute atomic E-state index is 0.159. The number of hydrogen-bond donors (Lipinski definition) is 2. The van der Waals surface area contributed by atoms with Crippen molar-refractivity contribution in [1.82, 2.24) is 9.03 Å². The number of carbonyl (C=O) groups excluding carboxylic acids is 1. The SMILES string of the molecule is CS(=O)(=O)Cl.C[C@@H](c1ccccc1)N(C(=O)OC(C)(C)C)S(C)(=O)=O.C[C@H](N)c1ccccc1.C[C@H](NS(C)(=O)=O)c1ccccc1. The number of hydrogen-bond acceptors (Lipinski definition) is 9. The molecule has 1 amide bonds. The van der Waals surface area contributed by atoms with E-state index in [-0.39, 0.29) is 12.1 Å². The highest BCUT2D eigenvalue weighted by Crippen LogP contribution is 2.25. The highest BCUT2D eigenvalue weighted by molar-refractivity contribution is 8.13. The van der Waals surface area contributed by atoms with Crippen molar-refractivity contribution in [3.8, 4) is 0 Å². The summed E-state index contributed by atoms with van der Waals surface area (Å²) in [6.45, 7) is 10.5. The van der Waals surface area contributed by atoms with Crippen molar-refractivity contribution in [1.29, 1.82) is 0 Å². The van der Waals surface area contributed by atoms with Gasteiger partial charge in [0.1, 0.15) is 5.60 Å². The summed E-state index contributed by atoms with van der Waals surface area (Å²) < 4.78 is 72.9. The highest BCUT2D eigenvalue weighted by atomic mass is 35.7. The number of benzene rings is 3. The van der Waals surface area contributed by atoms with Crippen LogP contribution in [-0.2, 0) is 33.8 Å². The molecule has 0 saturated heterocycles. The largest absolute Gasteiger partial charge is 0.443 e. The first-order valence-corrected chi connectivity index (χ1v) is 20.8. The molecular weight excluding hydrogens is 686 g/mol. The minimum atomic E-state index is -3.73. The van der Waals surface area contributed by atoms with Crippen LogP contribution in [0.4, 0.5) is 4.79 Å². The number of rotatable bonds is 7. The lowest BCUT2D eigenvalue weighted by Crippen LogP contribution is -2.41. The Morgan fingerprint density at radius 3 is 1.34 bits per heavy atom. The van der Waals surface area contributed by atoms with Gasteiger partial charge in [-0.1, -0.05) is 91.0 Å². The Labute approximate surface area is 286 Å². The molecule has 0 bridgehead atoms. The van der Waals surface area contributed by atoms with Crippen LogP contribution in [0.1, 0.15) is 76.4 Å². The average molecular weight is 734 g/mol. The Morgan fingerprint density at radius 1 is 0.723 bits per heavy atom. The number of sulfonamides is 2. The first kappa shape index (κ1) is 44.0. The van der Waals surface area contributed by atoms with Gasteiger partial charge in [0, 0.05) is 22.8 Å². The lowest BCUT2D eigenvalue weighted by Gasteiger charge is -2.30. The zero-order valence-electron chi connectivity index (χ0n) is 28.3. The van der Waals surface area contributed by atoms with Gasteiger partial charge >= 0.3 is 6.09 Å². The summed E-state index contributed by atoms with van der Waals surface area (Å²) >= 11 is 0. The van der Waals surface area contributed by atoms with Crippen LogP contribution < -0.4 is 10.5 Å². The molecule has 11 nitrogen and oxygen atoms in total. The first-order valence-electron chi connectivity index (χ1n) is 14.3. The zero-order chi connectivity index (χ0) is 36.6. The highest BCUT2D eigenvalue weighted by Gasteiger charge is 2.33. The molecule has 0 fully saturated rings. The van der Waals surface area contributed by atoms with Gasteiger partial charge in [-0.2, -0.15) is 4.31 Å². The van der Waals surface area contributed by atoms with E-state index in [9.17, 15) is 30.0 Å². The first-order chi connectivity index (χ1) is 21.3. The molecule has 0 radical (unpaired) electrons. The van der Waals surface area contributed by atoms with Crippen LogP contribution in [-0.4, -0.2) is 60.0 Å². The number of ether oxygens (including phenoxy) is 1. The maximum Gasteiger partial charge on any atom is 0.424 e. The molecule has 0 heterocycles. The Morgan fingerprint density at radius 2 is 1.06 bits per heavy atom. The van der Waals surface area contributed by atoms with Crippen molar-refractivity contribution in [2.45, 2.75) is 65.3 Å². The van der Waals surface area contributed by atoms with E-state index >= 15 is 0 Å². The minimum Gasteiger partial charge on any atom is -0.443 e. The van der Waals surface area contributed by atoms with Crippen LogP contribution in [0, 0.1) is 0 Å². The van der Waals surface area contributed by atoms with Crippen molar-refractivity contribution >= 4 is 45.9 Å². The lowest BCUT2D eigenvalue weighted by atomic mass is 10.1. The van der Waals surface area contributed by atoms with E-state index in [1.807, 2.05) is 80.6 Å². The summed E-state index contributed by atoms with van der Waals surface area (Å²) in [5.74, 6) is 0. The molecule has 0 aliphatic heterocycles. The van der Waals surface area contributed by atoms with Gasteiger partial charge in [-0.05, 0) is 58.2 Å². The summed E-state index contributed by atoms with van der Waals surface area (Å²) in [4.78, 5) is 12.1. The fraction of sp³-hybridized carbons (Fsp3) is 0.406. The van der Waals surface area contributed by atoms with E-state index in [1.54, 1.807) is 52.0 Å². The van der Waals surface area contributed by atoms with Crippen molar-refractivity contribution < 1.29 is 34.8 Å². The number of nitrogens with one attached hydrogen (secondary N) is 1. The molecule has 0 aliphatic carbocycles. The molecule has 0 unspecified atom stereocenters. The number of nitrogens with zero attached hydrogens (tertiary/aromatic N) is 1. The third-order valence-corrected chi connectivity index (χ3v) is 7.54. The molecule has 15 heteroatoms. The molecule has 3 atom stereocenters. The number of nitrogens with two attached hydrogens (primary N) is 1. The molecule has 0 spiro atoms. The molecule has 3 rings (SSSR count). The van der Waals surface area contributed by atoms with Gasteiger partial charge in [-0.3, -0.25) is 0 Å². The predicted molar refractivity (Wildman–Crippen MR) is 190 cm³/mol. The quantitative estimate of drug-likeness (QED) is 0.271. The van der Waals surface area contributed by atoms with Crippen molar-refractivity contribution in [2.24, 2.45) is 5.73 Å². The van der Waals surface area contributed by atoms with Gasteiger partial charge in [0.2, 0.25) is 29.1 Å². The average Bonchev–Trinajstić information content (AvgIpc) is 2.91. The van der Waals surface area contributed by atoms with E-state index < -0.39 is 46.8 Å². The molecule has 0 saturated carbocycles. The molecule has 3 aromatic rings. The number of carbonyl (C=O) groups is 1. The van der Waals surface area contributed by atoms with E-state index in [0.717, 1.165) is 34.2 Å². The maximum absolute atomic E-state index is 12.1. The smallest absolute Gasteiger partial charge is 0.424 e. The summed E-state index contributed by atoms with van der Waals surface area (Å²) in [6.07, 6.45) is 2.22. The second-order valence-corrected chi connectivity index (χ2v) is 18.2. The van der Waals surface area contributed by atoms with Crippen molar-refractivity contribution in [2.75, 3.05) is 18.8 Å². The lowest BCUT2D eigenvalue weighted by molar-refractivity contribution is 0.0347. The van der Waals surface area contributed by atoms with Crippen LogP contribution in [0.3, 0.4) is 0 Å². The maximum atomic E-state index is 12.1. The Hall–Kier alpha value is -3.01. The van der Waals surface area contributed by atoms with Crippen LogP contribution >= 0.6 is 10.7 Å². The second kappa shape index (κ2) is 19.7. The van der Waals surface area contributed by atoms with Crippen LogP contribution in [0.5, 0.6) is 0 Å². The number of halogens is 1. The topological polar surface area (TPSA) is 170 Å². The van der Waals surface area contributed by atoms with E-state index in [1.165, 1.54) is 5.56 Å². The normalized spacial score (nSPS) is 13.4. The van der Waals surface area contributed by atoms with E-state index in [0.29, 0.717) is 0 Å². The molecular formula is C32H48ClN3O8S3. The summed E-state index contributed by atoms with van der Waals surface area (Å²) in [5, 5.41) is 0. The van der Waals surface area contributed by atoms with Gasteiger partial charge in [0.15, 0.2) is 0 Å². The Kier molecular flexibility index (Phi) is 18.5. The number of amides is 1. The fourth-order valence-corrected chi connectivity index (χ4v) is 5.42. The Balaban J connectivity index is 0.000000669. The Bertz CT molecular complexity index is 1660. The van der Waals surface area contributed by atoms with Crippen LogP contribution in [0.15, 0.2) is 91.0 Å². The monoisotopic (exact) mass is 733 g/mol. The van der Waals surface area contributed by atoms with Crippen molar-refractivity contribution in [3.63, 3.8) is 0 Å². The molecule has 0 aliphatic rings. The van der Waals surface area contributed by atoms with Gasteiger partial charge < -0.3 is 10.5 Å². The van der Waals surface area contributed by atoms with Gasteiger partial charge in [-0.25, -0.2) is 34.8 Å². The van der Waals surface area contributed by atoms with Gasteiger partial charge in [-0.15, -0.1) is 0 Å². The molecule has 0 aromatic heterocycles. The van der Waals surface area contributed by atoms with E-state index in [4.69, 9.17) is 10.5 Å². The van der Waals surface area contributed by atoms with E-state index in [2.05, 4.69) is 15.4 Å².